The fourth-order valence-electron chi connectivity index (χ4n) is 3.57. The van der Waals surface area contributed by atoms with Gasteiger partial charge in [-0.2, -0.15) is 5.10 Å². The van der Waals surface area contributed by atoms with Crippen molar-refractivity contribution in [3.05, 3.63) is 71.4 Å². The maximum atomic E-state index is 10.5. The lowest BCUT2D eigenvalue weighted by Gasteiger charge is -2.25. The number of aryl methyl sites for hydroxylation is 2. The number of para-hydroxylation sites is 1. The van der Waals surface area contributed by atoms with Crippen molar-refractivity contribution >= 4 is 0 Å². The molecule has 7 heteroatoms. The van der Waals surface area contributed by atoms with Crippen molar-refractivity contribution in [2.45, 2.75) is 26.5 Å². The minimum absolute atomic E-state index is 0.169. The van der Waals surface area contributed by atoms with Gasteiger partial charge in [0.1, 0.15) is 12.4 Å². The molecule has 3 rings (SSSR count). The van der Waals surface area contributed by atoms with Crippen molar-refractivity contribution in [1.82, 2.24) is 14.7 Å². The second-order valence-corrected chi connectivity index (χ2v) is 8.13. The fraction of sp³-hybridized carbons (Fsp3) is 0.370. The van der Waals surface area contributed by atoms with E-state index in [1.807, 2.05) is 73.1 Å². The summed E-state index contributed by atoms with van der Waals surface area (Å²) in [7, 11) is 1.66. The number of aliphatic hydroxyl groups excluding tert-OH is 1. The lowest BCUT2D eigenvalue weighted by molar-refractivity contribution is 0.0206. The molecule has 0 saturated carbocycles. The second-order valence-electron chi connectivity index (χ2n) is 8.13. The van der Waals surface area contributed by atoms with Gasteiger partial charge in [0.2, 0.25) is 5.88 Å². The normalized spacial score (nSPS) is 12.0. The molecule has 3 aromatic rings. The van der Waals surface area contributed by atoms with Crippen molar-refractivity contribution < 1.29 is 19.3 Å². The number of benzene rings is 2. The van der Waals surface area contributed by atoms with E-state index in [-0.39, 0.29) is 13.2 Å². The van der Waals surface area contributed by atoms with Gasteiger partial charge in [0.25, 0.3) is 0 Å². The lowest BCUT2D eigenvalue weighted by Crippen LogP contribution is -2.36. The first kappa shape index (κ1) is 25.5. The molecule has 180 valence electrons. The number of aliphatic hydroxyl groups is 1. The van der Waals surface area contributed by atoms with Crippen LogP contribution < -0.4 is 4.74 Å². The molecular weight excluding hydrogens is 430 g/mol. The molecule has 2 aromatic carbocycles. The first-order valence-corrected chi connectivity index (χ1v) is 11.3. The average Bonchev–Trinajstić information content (AvgIpc) is 3.14. The van der Waals surface area contributed by atoms with Crippen molar-refractivity contribution in [1.29, 1.82) is 0 Å². The largest absolute Gasteiger partial charge is 0.439 e. The Labute approximate surface area is 201 Å². The summed E-state index contributed by atoms with van der Waals surface area (Å²) in [4.78, 5) is 2.11. The van der Waals surface area contributed by atoms with Gasteiger partial charge in [-0.05, 0) is 38.1 Å². The SMILES string of the molecule is C#CCOC[C@H](O)CN(CCOC)Cc1c(C)nn(-c2ccccc2)c1Oc1ccc(C)cc1. The zero-order chi connectivity index (χ0) is 24.3. The summed E-state index contributed by atoms with van der Waals surface area (Å²) in [6, 6.07) is 17.8. The van der Waals surface area contributed by atoms with Crippen LogP contribution in [0.25, 0.3) is 5.69 Å². The molecule has 0 bridgehead atoms. The number of ether oxygens (including phenoxy) is 3. The Hall–Kier alpha value is -3.15. The highest BCUT2D eigenvalue weighted by molar-refractivity contribution is 5.43. The highest BCUT2D eigenvalue weighted by atomic mass is 16.5. The third-order valence-corrected chi connectivity index (χ3v) is 5.33. The van der Waals surface area contributed by atoms with Gasteiger partial charge in [-0.25, -0.2) is 4.68 Å². The molecule has 0 fully saturated rings. The highest BCUT2D eigenvalue weighted by Crippen LogP contribution is 2.31. The summed E-state index contributed by atoms with van der Waals surface area (Å²) in [5, 5.41) is 15.3. The van der Waals surface area contributed by atoms with Crippen LogP contribution in [0.15, 0.2) is 54.6 Å². The van der Waals surface area contributed by atoms with Gasteiger partial charge in [-0.3, -0.25) is 4.90 Å². The van der Waals surface area contributed by atoms with Gasteiger partial charge in [-0.1, -0.05) is 41.8 Å². The Morgan fingerprint density at radius 3 is 2.53 bits per heavy atom. The number of terminal acetylenes is 1. The molecule has 1 N–H and O–H groups in total. The predicted octanol–water partition coefficient (Wildman–Crippen LogP) is 3.74. The van der Waals surface area contributed by atoms with Crippen LogP contribution in [0, 0.1) is 26.2 Å². The van der Waals surface area contributed by atoms with Crippen LogP contribution >= 0.6 is 0 Å². The standard InChI is InChI=1S/C27H33N3O4/c1-5-16-33-20-24(31)18-29(15-17-32-4)19-26-22(3)28-30(23-9-7-6-8-10-23)27(26)34-25-13-11-21(2)12-14-25/h1,6-14,24,31H,15-20H2,2-4H3/t24-/m1/s1. The molecule has 0 radical (unpaired) electrons. The van der Waals surface area contributed by atoms with Crippen LogP contribution in [-0.4, -0.2) is 65.9 Å². The monoisotopic (exact) mass is 463 g/mol. The number of aromatic nitrogens is 2. The van der Waals surface area contributed by atoms with E-state index in [9.17, 15) is 5.11 Å². The summed E-state index contributed by atoms with van der Waals surface area (Å²) < 4.78 is 18.8. The lowest BCUT2D eigenvalue weighted by atomic mass is 10.2. The van der Waals surface area contributed by atoms with Gasteiger partial charge in [-0.15, -0.1) is 6.42 Å². The maximum absolute atomic E-state index is 10.5. The van der Waals surface area contributed by atoms with E-state index < -0.39 is 6.10 Å². The van der Waals surface area contributed by atoms with E-state index in [1.54, 1.807) is 7.11 Å². The molecule has 0 aliphatic rings. The Morgan fingerprint density at radius 2 is 1.85 bits per heavy atom. The summed E-state index contributed by atoms with van der Waals surface area (Å²) in [5.74, 6) is 3.79. The van der Waals surface area contributed by atoms with Gasteiger partial charge in [0.15, 0.2) is 0 Å². The molecule has 1 heterocycles. The molecule has 34 heavy (non-hydrogen) atoms. The first-order chi connectivity index (χ1) is 16.5. The van der Waals surface area contributed by atoms with Crippen LogP contribution in [0.1, 0.15) is 16.8 Å². The Bertz CT molecular complexity index is 1060. The van der Waals surface area contributed by atoms with Gasteiger partial charge >= 0.3 is 0 Å². The van der Waals surface area contributed by atoms with E-state index in [4.69, 9.17) is 25.7 Å². The quantitative estimate of drug-likeness (QED) is 0.308. The molecule has 1 atom stereocenters. The summed E-state index contributed by atoms with van der Waals surface area (Å²) in [6.45, 7) is 6.43. The molecule has 0 saturated heterocycles. The van der Waals surface area contributed by atoms with Gasteiger partial charge in [0, 0.05) is 26.7 Å². The van der Waals surface area contributed by atoms with Gasteiger partial charge in [0.05, 0.1) is 36.3 Å². The molecular formula is C27H33N3O4. The smallest absolute Gasteiger partial charge is 0.227 e. The Morgan fingerprint density at radius 1 is 1.12 bits per heavy atom. The molecule has 0 aliphatic carbocycles. The van der Waals surface area contributed by atoms with Crippen molar-refractivity contribution in [2.75, 3.05) is 40.0 Å². The van der Waals surface area contributed by atoms with Crippen molar-refractivity contribution in [2.24, 2.45) is 0 Å². The number of methoxy groups -OCH3 is 1. The maximum Gasteiger partial charge on any atom is 0.227 e. The van der Waals surface area contributed by atoms with E-state index >= 15 is 0 Å². The summed E-state index contributed by atoms with van der Waals surface area (Å²) in [6.07, 6.45) is 4.55. The topological polar surface area (TPSA) is 69.0 Å². The third kappa shape index (κ3) is 7.17. The fourth-order valence-corrected chi connectivity index (χ4v) is 3.57. The Balaban J connectivity index is 1.91. The average molecular weight is 464 g/mol. The zero-order valence-corrected chi connectivity index (χ0v) is 20.1. The van der Waals surface area contributed by atoms with Crippen LogP contribution in [-0.2, 0) is 16.0 Å². The molecule has 0 unspecified atom stereocenters. The zero-order valence-electron chi connectivity index (χ0n) is 20.1. The van der Waals surface area contributed by atoms with E-state index in [1.165, 1.54) is 0 Å². The number of nitrogens with zero attached hydrogens (tertiary/aromatic N) is 3. The summed E-state index contributed by atoms with van der Waals surface area (Å²) >= 11 is 0. The van der Waals surface area contributed by atoms with Crippen LogP contribution in [0.3, 0.4) is 0 Å². The summed E-state index contributed by atoms with van der Waals surface area (Å²) in [5.41, 5.74) is 3.86. The Kier molecular flexibility index (Phi) is 9.68. The molecule has 0 aliphatic heterocycles. The van der Waals surface area contributed by atoms with Crippen LogP contribution in [0.5, 0.6) is 11.6 Å². The second kappa shape index (κ2) is 12.9. The first-order valence-electron chi connectivity index (χ1n) is 11.3. The van der Waals surface area contributed by atoms with E-state index in [0.29, 0.717) is 32.1 Å². The molecule has 0 amide bonds. The highest BCUT2D eigenvalue weighted by Gasteiger charge is 2.22. The molecule has 1 aromatic heterocycles. The third-order valence-electron chi connectivity index (χ3n) is 5.33. The minimum Gasteiger partial charge on any atom is -0.439 e. The van der Waals surface area contributed by atoms with Crippen LogP contribution in [0.4, 0.5) is 0 Å². The number of hydrogen-bond acceptors (Lipinski definition) is 6. The van der Waals surface area contributed by atoms with Crippen molar-refractivity contribution in [3.8, 4) is 29.7 Å². The number of rotatable bonds is 13. The predicted molar refractivity (Wildman–Crippen MR) is 132 cm³/mol. The molecule has 7 nitrogen and oxygen atoms in total. The van der Waals surface area contributed by atoms with Crippen molar-refractivity contribution in [3.63, 3.8) is 0 Å². The molecule has 0 spiro atoms. The van der Waals surface area contributed by atoms with E-state index in [0.717, 1.165) is 28.3 Å². The minimum atomic E-state index is -0.684. The number of hydrogen-bond donors (Lipinski definition) is 1. The van der Waals surface area contributed by atoms with Crippen LogP contribution in [0.2, 0.25) is 0 Å². The van der Waals surface area contributed by atoms with E-state index in [2.05, 4.69) is 10.8 Å². The van der Waals surface area contributed by atoms with Gasteiger partial charge < -0.3 is 19.3 Å².